The normalized spacial score (nSPS) is 23.2. The van der Waals surface area contributed by atoms with Crippen LogP contribution in [0.15, 0.2) is 48.9 Å². The van der Waals surface area contributed by atoms with E-state index in [1.165, 1.54) is 23.2 Å². The number of aromatic nitrogens is 4. The number of likely N-dealkylation sites (N-methyl/N-ethyl adjacent to an activating group) is 1. The predicted octanol–water partition coefficient (Wildman–Crippen LogP) is 9.39. The molecule has 2 aliphatic carbocycles. The van der Waals surface area contributed by atoms with E-state index >= 15 is 4.39 Å². The molecule has 19 heteroatoms. The number of carbonyl (C=O) groups is 1. The highest BCUT2D eigenvalue weighted by molar-refractivity contribution is 7.20. The SMILES string of the molecule is Cc1c(Cl)c2c(Cl)c(C)c1-c1c(C3=CCCC3)sc3ncnc(c13)O[C@@H](C(=O)O)Cc1cc(ccc1OCc1ccnc(C3=CC[C@@](F)(COC[C@@H]4COCCO4)CC3)n1)OC[C@@H](CN1CCN(C)CC1)O2. The summed E-state index contributed by atoms with van der Waals surface area (Å²) in [6.45, 7) is 9.89. The van der Waals surface area contributed by atoms with Crippen molar-refractivity contribution in [3.63, 3.8) is 0 Å². The molecule has 4 bridgehead atoms. The van der Waals surface area contributed by atoms with Crippen LogP contribution < -0.4 is 18.9 Å². The zero-order valence-electron chi connectivity index (χ0n) is 40.7. The molecule has 382 valence electrons. The molecule has 2 fully saturated rings. The number of allylic oxidation sites excluding steroid dienone is 4. The van der Waals surface area contributed by atoms with Gasteiger partial charge in [-0.05, 0) is 105 Å². The van der Waals surface area contributed by atoms with Crippen molar-refractivity contribution in [2.24, 2.45) is 0 Å². The number of thiophene rings is 1. The summed E-state index contributed by atoms with van der Waals surface area (Å²) in [6.07, 6.45) is 8.60. The van der Waals surface area contributed by atoms with Crippen molar-refractivity contribution < 1.29 is 47.4 Å². The van der Waals surface area contributed by atoms with Crippen molar-refractivity contribution in [3.8, 4) is 34.3 Å². The highest BCUT2D eigenvalue weighted by Gasteiger charge is 2.35. The topological polar surface area (TPSA) is 160 Å². The van der Waals surface area contributed by atoms with Crippen molar-refractivity contribution in [2.45, 2.75) is 89.4 Å². The van der Waals surface area contributed by atoms with Gasteiger partial charge in [0.1, 0.15) is 53.7 Å². The predicted molar refractivity (Wildman–Crippen MR) is 274 cm³/mol. The summed E-state index contributed by atoms with van der Waals surface area (Å²) in [7, 11) is 2.12. The third-order valence-corrected chi connectivity index (χ3v) is 16.2. The molecule has 72 heavy (non-hydrogen) atoms. The van der Waals surface area contributed by atoms with Gasteiger partial charge in [-0.3, -0.25) is 4.90 Å². The van der Waals surface area contributed by atoms with Gasteiger partial charge in [0.25, 0.3) is 0 Å². The molecule has 15 nitrogen and oxygen atoms in total. The van der Waals surface area contributed by atoms with E-state index in [0.29, 0.717) is 87.4 Å². The van der Waals surface area contributed by atoms with Crippen molar-refractivity contribution in [3.05, 3.63) is 92.1 Å². The van der Waals surface area contributed by atoms with Gasteiger partial charge in [-0.2, -0.15) is 0 Å². The van der Waals surface area contributed by atoms with Gasteiger partial charge in [-0.15, -0.1) is 11.3 Å². The monoisotopic (exact) mass is 1040 g/mol. The number of piperazine rings is 1. The number of hydrogen-bond acceptors (Lipinski definition) is 15. The highest BCUT2D eigenvalue weighted by Crippen LogP contribution is 2.53. The number of hydrogen-bond donors (Lipinski definition) is 1. The molecule has 11 rings (SSSR count). The molecule has 0 spiro atoms. The van der Waals surface area contributed by atoms with Crippen LogP contribution in [-0.4, -0.2) is 144 Å². The fraction of sp³-hybridized carbons (Fsp3) is 0.491. The molecule has 1 N–H and O–H groups in total. The lowest BCUT2D eigenvalue weighted by atomic mass is 9.87. The molecule has 5 aromatic rings. The minimum Gasteiger partial charge on any atom is -0.490 e. The van der Waals surface area contributed by atoms with Gasteiger partial charge in [0.05, 0.1) is 54.2 Å². The Morgan fingerprint density at radius 1 is 0.972 bits per heavy atom. The lowest BCUT2D eigenvalue weighted by Gasteiger charge is -2.35. The van der Waals surface area contributed by atoms with E-state index in [9.17, 15) is 9.90 Å². The van der Waals surface area contributed by atoms with E-state index in [1.807, 2.05) is 19.9 Å². The van der Waals surface area contributed by atoms with E-state index in [2.05, 4.69) is 32.9 Å². The first kappa shape index (κ1) is 50.5. The molecule has 6 aliphatic rings. The Bertz CT molecular complexity index is 2840. The number of aliphatic carboxylic acids is 1. The Hall–Kier alpha value is -4.98. The van der Waals surface area contributed by atoms with E-state index in [4.69, 9.17) is 66.3 Å². The Labute approximate surface area is 432 Å². The van der Waals surface area contributed by atoms with E-state index < -0.39 is 23.8 Å². The molecule has 0 unspecified atom stereocenters. The van der Waals surface area contributed by atoms with Crippen LogP contribution in [0.1, 0.15) is 71.6 Å². The second-order valence-electron chi connectivity index (χ2n) is 19.3. The summed E-state index contributed by atoms with van der Waals surface area (Å²) < 4.78 is 59.1. The largest absolute Gasteiger partial charge is 0.490 e. The van der Waals surface area contributed by atoms with E-state index in [-0.39, 0.29) is 57.7 Å². The quantitative estimate of drug-likeness (QED) is 0.126. The molecule has 2 saturated heterocycles. The Balaban J connectivity index is 0.967. The summed E-state index contributed by atoms with van der Waals surface area (Å²) in [5, 5.41) is 12.3. The van der Waals surface area contributed by atoms with Gasteiger partial charge in [0.2, 0.25) is 12.0 Å². The molecule has 0 radical (unpaired) electrons. The first-order chi connectivity index (χ1) is 34.9. The Morgan fingerprint density at radius 3 is 2.54 bits per heavy atom. The number of carboxylic acid groups (broad SMARTS) is 1. The van der Waals surface area contributed by atoms with Crippen LogP contribution in [0.4, 0.5) is 4.39 Å². The maximum absolute atomic E-state index is 15.8. The number of benzene rings is 2. The van der Waals surface area contributed by atoms with E-state index in [0.717, 1.165) is 78.1 Å². The first-order valence-electron chi connectivity index (χ1n) is 24.7. The summed E-state index contributed by atoms with van der Waals surface area (Å²) in [4.78, 5) is 38.3. The average Bonchev–Trinajstić information content (AvgIpc) is 4.06. The van der Waals surface area contributed by atoms with Gasteiger partial charge in [-0.1, -0.05) is 35.4 Å². The van der Waals surface area contributed by atoms with Crippen molar-refractivity contribution in [2.75, 3.05) is 79.4 Å². The van der Waals surface area contributed by atoms with Crippen LogP contribution in [0, 0.1) is 13.8 Å². The van der Waals surface area contributed by atoms with Gasteiger partial charge < -0.3 is 43.2 Å². The maximum atomic E-state index is 15.8. The van der Waals surface area contributed by atoms with Gasteiger partial charge >= 0.3 is 5.97 Å². The third-order valence-electron chi connectivity index (χ3n) is 14.1. The molecule has 0 saturated carbocycles. The van der Waals surface area contributed by atoms with Crippen LogP contribution in [0.3, 0.4) is 0 Å². The van der Waals surface area contributed by atoms with Crippen molar-refractivity contribution in [1.29, 1.82) is 0 Å². The second-order valence-corrected chi connectivity index (χ2v) is 21.0. The zero-order valence-corrected chi connectivity index (χ0v) is 43.1. The lowest BCUT2D eigenvalue weighted by molar-refractivity contribution is -0.145. The summed E-state index contributed by atoms with van der Waals surface area (Å²) in [5.41, 5.74) is 4.69. The number of carboxylic acids is 1. The Morgan fingerprint density at radius 2 is 1.81 bits per heavy atom. The number of alkyl halides is 1. The minimum atomic E-state index is -1.51. The van der Waals surface area contributed by atoms with Crippen LogP contribution in [0.25, 0.3) is 32.5 Å². The van der Waals surface area contributed by atoms with Crippen LogP contribution >= 0.6 is 34.5 Å². The summed E-state index contributed by atoms with van der Waals surface area (Å²) in [6, 6.07) is 7.08. The number of halogens is 3. The number of ether oxygens (including phenoxy) is 7. The standard InChI is InChI=1S/C53H59Cl2FN6O9S/c1-31-42-32(2)46(55)47(45(31)54)70-38(24-62-18-16-61(3)17-19-62)28-68-37-8-9-40(35(22-37)23-41(52(63)64)71-50-44-43(42)48(33-6-4-5-7-33)72-51(44)59-30-58-50)69-25-36-12-15-57-49(60-36)34-10-13-53(56,14-11-34)29-66-27-39-26-65-20-21-67-39/h6,8-10,12,15,22,30,38-39,41H,4-5,7,11,13-14,16-21,23-29H2,1-3H3,(H,63,64)/t38-,39+,41-,53+/m1/s1. The fourth-order valence-electron chi connectivity index (χ4n) is 10.0. The molecule has 3 aromatic heterocycles. The minimum absolute atomic E-state index is 0.0320. The van der Waals surface area contributed by atoms with Gasteiger partial charge in [0.15, 0.2) is 11.6 Å². The number of fused-ring (bicyclic) bond motifs is 7. The average molecular weight is 1050 g/mol. The first-order valence-corrected chi connectivity index (χ1v) is 26.2. The van der Waals surface area contributed by atoms with Gasteiger partial charge in [-0.25, -0.2) is 29.1 Å². The van der Waals surface area contributed by atoms with Crippen LogP contribution in [0.5, 0.6) is 23.1 Å². The molecular weight excluding hydrogens is 987 g/mol. The third kappa shape index (κ3) is 11.2. The smallest absolute Gasteiger partial charge is 0.345 e. The number of nitrogens with zero attached hydrogens (tertiary/aromatic N) is 6. The lowest BCUT2D eigenvalue weighted by Crippen LogP contribution is -2.49. The summed E-state index contributed by atoms with van der Waals surface area (Å²) in [5.74, 6) is 0.662. The van der Waals surface area contributed by atoms with Crippen LogP contribution in [-0.2, 0) is 32.0 Å². The van der Waals surface area contributed by atoms with E-state index in [1.54, 1.807) is 30.5 Å². The summed E-state index contributed by atoms with van der Waals surface area (Å²) >= 11 is 16.3. The maximum Gasteiger partial charge on any atom is 0.345 e. The zero-order chi connectivity index (χ0) is 49.9. The molecule has 7 heterocycles. The van der Waals surface area contributed by atoms with Crippen molar-refractivity contribution in [1.82, 2.24) is 29.7 Å². The molecule has 0 amide bonds. The van der Waals surface area contributed by atoms with Crippen LogP contribution in [0.2, 0.25) is 10.0 Å². The molecule has 4 atom stereocenters. The van der Waals surface area contributed by atoms with Gasteiger partial charge in [0, 0.05) is 67.8 Å². The Kier molecular flexibility index (Phi) is 15.6. The molecule has 4 aliphatic heterocycles. The number of rotatable bonds is 12. The molecular formula is C53H59Cl2FN6O9S. The second kappa shape index (κ2) is 22.2. The highest BCUT2D eigenvalue weighted by atomic mass is 35.5. The van der Waals surface area contributed by atoms with Crippen molar-refractivity contribution >= 4 is 61.9 Å². The molecule has 2 aromatic carbocycles. The fourth-order valence-corrected chi connectivity index (χ4v) is 11.7.